The van der Waals surface area contributed by atoms with E-state index in [-0.39, 0.29) is 0 Å². The Kier molecular flexibility index (Phi) is 2.79. The predicted octanol–water partition coefficient (Wildman–Crippen LogP) is 3.16. The number of halogens is 1. The zero-order chi connectivity index (χ0) is 10.8. The van der Waals surface area contributed by atoms with Crippen LogP contribution in [0.2, 0.25) is 5.15 Å². The number of hydrogen-bond donors (Lipinski definition) is 1. The molecule has 0 saturated heterocycles. The van der Waals surface area contributed by atoms with Crippen molar-refractivity contribution in [3.8, 4) is 11.1 Å². The highest BCUT2D eigenvalue weighted by molar-refractivity contribution is 7.71. The second kappa shape index (κ2) is 4.08. The van der Waals surface area contributed by atoms with Crippen LogP contribution in [0, 0.1) is 11.6 Å². The highest BCUT2D eigenvalue weighted by Gasteiger charge is 2.04. The highest BCUT2D eigenvalue weighted by Crippen LogP contribution is 2.24. The number of rotatable bonds is 1. The maximum atomic E-state index is 5.81. The van der Waals surface area contributed by atoms with Crippen LogP contribution in [0.15, 0.2) is 24.5 Å². The Balaban J connectivity index is 2.69. The van der Waals surface area contributed by atoms with Crippen LogP contribution >= 0.6 is 23.8 Å². The Morgan fingerprint density at radius 3 is 2.93 bits per heavy atom. The maximum Gasteiger partial charge on any atom is 0.150 e. The number of aromatic amines is 1. The number of H-pyrrole nitrogens is 1. The SMILES string of the molecule is Cc1cnccc1-c1cc(Cl)n[nH]c1=S. The van der Waals surface area contributed by atoms with Crippen LogP contribution in [0.3, 0.4) is 0 Å². The molecule has 76 valence electrons. The van der Waals surface area contributed by atoms with Gasteiger partial charge in [-0.05, 0) is 30.2 Å². The van der Waals surface area contributed by atoms with Gasteiger partial charge in [0.05, 0.1) is 0 Å². The average Bonchev–Trinajstić information content (AvgIpc) is 2.23. The lowest BCUT2D eigenvalue weighted by molar-refractivity contribution is 1.02. The third kappa shape index (κ3) is 2.06. The van der Waals surface area contributed by atoms with E-state index in [9.17, 15) is 0 Å². The van der Waals surface area contributed by atoms with E-state index in [1.165, 1.54) is 0 Å². The lowest BCUT2D eigenvalue weighted by Crippen LogP contribution is -1.90. The normalized spacial score (nSPS) is 10.3. The summed E-state index contributed by atoms with van der Waals surface area (Å²) in [6.07, 6.45) is 3.52. The molecule has 15 heavy (non-hydrogen) atoms. The minimum atomic E-state index is 0.398. The van der Waals surface area contributed by atoms with Crippen molar-refractivity contribution in [2.24, 2.45) is 0 Å². The van der Waals surface area contributed by atoms with Crippen molar-refractivity contribution in [3.05, 3.63) is 39.9 Å². The van der Waals surface area contributed by atoms with E-state index < -0.39 is 0 Å². The summed E-state index contributed by atoms with van der Waals surface area (Å²) in [7, 11) is 0. The summed E-state index contributed by atoms with van der Waals surface area (Å²) in [6, 6.07) is 3.66. The molecule has 0 bridgehead atoms. The van der Waals surface area contributed by atoms with Crippen molar-refractivity contribution in [1.82, 2.24) is 15.2 Å². The van der Waals surface area contributed by atoms with Crippen LogP contribution in [-0.2, 0) is 0 Å². The van der Waals surface area contributed by atoms with E-state index in [1.807, 2.05) is 13.0 Å². The monoisotopic (exact) mass is 237 g/mol. The summed E-state index contributed by atoms with van der Waals surface area (Å²) >= 11 is 11.0. The molecule has 3 nitrogen and oxygen atoms in total. The average molecular weight is 238 g/mol. The molecule has 0 saturated carbocycles. The molecule has 0 aliphatic rings. The van der Waals surface area contributed by atoms with Gasteiger partial charge in [0.2, 0.25) is 0 Å². The first-order valence-corrected chi connectivity index (χ1v) is 5.13. The van der Waals surface area contributed by atoms with E-state index in [0.717, 1.165) is 16.7 Å². The van der Waals surface area contributed by atoms with E-state index in [2.05, 4.69) is 15.2 Å². The summed E-state index contributed by atoms with van der Waals surface area (Å²) in [4.78, 5) is 4.03. The van der Waals surface area contributed by atoms with Crippen molar-refractivity contribution in [2.45, 2.75) is 6.92 Å². The molecule has 0 fully saturated rings. The number of hydrogen-bond acceptors (Lipinski definition) is 3. The molecule has 0 aliphatic carbocycles. The van der Waals surface area contributed by atoms with Gasteiger partial charge in [-0.1, -0.05) is 23.8 Å². The van der Waals surface area contributed by atoms with Crippen LogP contribution in [0.5, 0.6) is 0 Å². The minimum absolute atomic E-state index is 0.398. The van der Waals surface area contributed by atoms with Crippen LogP contribution in [0.4, 0.5) is 0 Å². The Bertz CT molecular complexity index is 550. The van der Waals surface area contributed by atoms with E-state index in [0.29, 0.717) is 9.79 Å². The van der Waals surface area contributed by atoms with Crippen LogP contribution in [0.25, 0.3) is 11.1 Å². The molecule has 0 unspecified atom stereocenters. The van der Waals surface area contributed by atoms with Crippen molar-refractivity contribution in [3.63, 3.8) is 0 Å². The molecule has 0 radical (unpaired) electrons. The number of aromatic nitrogens is 3. The van der Waals surface area contributed by atoms with Crippen molar-refractivity contribution < 1.29 is 0 Å². The van der Waals surface area contributed by atoms with Crippen LogP contribution in [0.1, 0.15) is 5.56 Å². The quantitative estimate of drug-likeness (QED) is 0.775. The van der Waals surface area contributed by atoms with Gasteiger partial charge in [0.1, 0.15) is 9.79 Å². The summed E-state index contributed by atoms with van der Waals surface area (Å²) in [6.45, 7) is 1.98. The van der Waals surface area contributed by atoms with Gasteiger partial charge in [-0.15, -0.1) is 0 Å². The van der Waals surface area contributed by atoms with Crippen molar-refractivity contribution >= 4 is 23.8 Å². The van der Waals surface area contributed by atoms with Gasteiger partial charge in [0.15, 0.2) is 0 Å². The van der Waals surface area contributed by atoms with E-state index in [4.69, 9.17) is 23.8 Å². The molecular formula is C10H8ClN3S. The number of pyridine rings is 1. The Morgan fingerprint density at radius 2 is 2.20 bits per heavy atom. The fourth-order valence-corrected chi connectivity index (χ4v) is 1.72. The Hall–Kier alpha value is -1.26. The number of nitrogens with one attached hydrogen (secondary N) is 1. The fraction of sp³-hybridized carbons (Fsp3) is 0.100. The molecule has 2 aromatic rings. The molecule has 0 aliphatic heterocycles. The van der Waals surface area contributed by atoms with Crippen LogP contribution in [-0.4, -0.2) is 15.2 Å². The van der Waals surface area contributed by atoms with Gasteiger partial charge in [0, 0.05) is 18.0 Å². The smallest absolute Gasteiger partial charge is 0.150 e. The molecule has 5 heteroatoms. The molecule has 2 heterocycles. The number of nitrogens with zero attached hydrogens (tertiary/aromatic N) is 2. The molecule has 0 spiro atoms. The first-order chi connectivity index (χ1) is 7.18. The summed E-state index contributed by atoms with van der Waals surface area (Å²) < 4.78 is 0.578. The third-order valence-corrected chi connectivity index (χ3v) is 2.59. The predicted molar refractivity (Wildman–Crippen MR) is 62.4 cm³/mol. The molecule has 0 amide bonds. The van der Waals surface area contributed by atoms with Crippen LogP contribution < -0.4 is 0 Å². The topological polar surface area (TPSA) is 41.6 Å². The molecule has 2 rings (SSSR count). The van der Waals surface area contributed by atoms with E-state index >= 15 is 0 Å². The first kappa shape index (κ1) is 10.3. The standard InChI is InChI=1S/C10H8ClN3S/c1-6-5-12-3-2-7(6)8-4-9(11)13-14-10(8)15/h2-5H,1H3,(H,14,15). The van der Waals surface area contributed by atoms with Gasteiger partial charge in [-0.2, -0.15) is 5.10 Å². The molecule has 0 atom stereocenters. The summed E-state index contributed by atoms with van der Waals surface area (Å²) in [5.74, 6) is 0. The van der Waals surface area contributed by atoms with E-state index in [1.54, 1.807) is 18.5 Å². The zero-order valence-corrected chi connectivity index (χ0v) is 9.56. The van der Waals surface area contributed by atoms with Gasteiger partial charge in [0.25, 0.3) is 0 Å². The van der Waals surface area contributed by atoms with Gasteiger partial charge in [-0.25, -0.2) is 0 Å². The lowest BCUT2D eigenvalue weighted by Gasteiger charge is -2.04. The highest BCUT2D eigenvalue weighted by atomic mass is 35.5. The fourth-order valence-electron chi connectivity index (χ4n) is 1.36. The largest absolute Gasteiger partial charge is 0.266 e. The van der Waals surface area contributed by atoms with Crippen molar-refractivity contribution in [1.29, 1.82) is 0 Å². The third-order valence-electron chi connectivity index (χ3n) is 2.08. The first-order valence-electron chi connectivity index (χ1n) is 4.34. The molecule has 2 aromatic heterocycles. The second-order valence-electron chi connectivity index (χ2n) is 3.12. The summed E-state index contributed by atoms with van der Waals surface area (Å²) in [5.41, 5.74) is 2.96. The minimum Gasteiger partial charge on any atom is -0.266 e. The number of aryl methyl sites for hydroxylation is 1. The maximum absolute atomic E-state index is 5.81. The Labute approximate surface area is 97.1 Å². The molecule has 1 N–H and O–H groups in total. The van der Waals surface area contributed by atoms with Gasteiger partial charge in [-0.3, -0.25) is 10.1 Å². The second-order valence-corrected chi connectivity index (χ2v) is 3.92. The van der Waals surface area contributed by atoms with Gasteiger partial charge < -0.3 is 0 Å². The lowest BCUT2D eigenvalue weighted by atomic mass is 10.1. The Morgan fingerprint density at radius 1 is 1.40 bits per heavy atom. The molecular weight excluding hydrogens is 230 g/mol. The molecule has 0 aromatic carbocycles. The van der Waals surface area contributed by atoms with Gasteiger partial charge >= 0.3 is 0 Å². The summed E-state index contributed by atoms with van der Waals surface area (Å²) in [5, 5.41) is 6.92. The van der Waals surface area contributed by atoms with Crippen molar-refractivity contribution in [2.75, 3.05) is 0 Å². The zero-order valence-electron chi connectivity index (χ0n) is 7.99.